The minimum absolute atomic E-state index is 0.121. The van der Waals surface area contributed by atoms with Crippen LogP contribution < -0.4 is 0 Å². The molecule has 0 aliphatic rings. The van der Waals surface area contributed by atoms with Crippen LogP contribution in [-0.2, 0) is 21.7 Å². The normalized spacial score (nSPS) is 13.1. The highest BCUT2D eigenvalue weighted by molar-refractivity contribution is 5.71. The summed E-state index contributed by atoms with van der Waals surface area (Å²) in [5.41, 5.74) is -5.79. The highest BCUT2D eigenvalue weighted by Gasteiger charge is 2.71. The molecule has 0 spiro atoms. The van der Waals surface area contributed by atoms with E-state index in [2.05, 4.69) is 9.97 Å². The number of hydrogen-bond donors (Lipinski definition) is 2. The third kappa shape index (κ3) is 4.13. The Morgan fingerprint density at radius 3 is 2.11 bits per heavy atom. The second-order valence-electron chi connectivity index (χ2n) is 6.30. The molecular formula is C17H16F6N2O3. The lowest BCUT2D eigenvalue weighted by molar-refractivity contribution is -0.376. The van der Waals surface area contributed by atoms with Crippen LogP contribution in [0.2, 0.25) is 0 Å². The lowest BCUT2D eigenvalue weighted by atomic mass is 9.91. The maximum atomic E-state index is 12.9. The number of benzene rings is 1. The predicted octanol–water partition coefficient (Wildman–Crippen LogP) is 4.09. The zero-order valence-electron chi connectivity index (χ0n) is 14.6. The van der Waals surface area contributed by atoms with Gasteiger partial charge in [0.05, 0.1) is 17.8 Å². The molecule has 154 valence electrons. The summed E-state index contributed by atoms with van der Waals surface area (Å²) in [6.07, 6.45) is -10.6. The predicted molar refractivity (Wildman–Crippen MR) is 84.7 cm³/mol. The second kappa shape index (κ2) is 7.46. The van der Waals surface area contributed by atoms with E-state index in [-0.39, 0.29) is 23.9 Å². The first-order valence-corrected chi connectivity index (χ1v) is 7.94. The van der Waals surface area contributed by atoms with Gasteiger partial charge in [-0.15, -0.1) is 0 Å². The number of carbonyl (C=O) groups is 1. The van der Waals surface area contributed by atoms with Crippen LogP contribution in [0.25, 0.3) is 11.4 Å². The summed E-state index contributed by atoms with van der Waals surface area (Å²) in [5, 5.41) is 9.37. The average Bonchev–Trinajstić information content (AvgIpc) is 3.06. The molecule has 1 aromatic carbocycles. The van der Waals surface area contributed by atoms with Gasteiger partial charge in [0.15, 0.2) is 0 Å². The molecule has 0 amide bonds. The van der Waals surface area contributed by atoms with Gasteiger partial charge in [0, 0.05) is 11.1 Å². The zero-order chi connectivity index (χ0) is 21.3. The Hall–Kier alpha value is -2.56. The van der Waals surface area contributed by atoms with E-state index in [1.807, 2.05) is 0 Å². The molecule has 0 saturated carbocycles. The van der Waals surface area contributed by atoms with E-state index < -0.39 is 29.5 Å². The number of alkyl halides is 6. The number of halogens is 6. The Morgan fingerprint density at radius 1 is 1.11 bits per heavy atom. The molecule has 0 radical (unpaired) electrons. The van der Waals surface area contributed by atoms with E-state index in [9.17, 15) is 36.2 Å². The summed E-state index contributed by atoms with van der Waals surface area (Å²) in [6.45, 7) is 3.17. The molecule has 0 saturated heterocycles. The summed E-state index contributed by atoms with van der Waals surface area (Å²) in [5.74, 6) is -0.639. The molecule has 11 heteroatoms. The number of H-pyrrole nitrogens is 1. The fourth-order valence-electron chi connectivity index (χ4n) is 2.25. The van der Waals surface area contributed by atoms with Gasteiger partial charge in [-0.25, -0.2) is 4.98 Å². The SMILES string of the molecule is CC(C)C(=O)OCc1cnc(-c2ccc(C(O)(C(F)(F)F)C(F)(F)F)cc2)[nH]1. The molecule has 0 atom stereocenters. The van der Waals surface area contributed by atoms with Crippen LogP contribution in [0.5, 0.6) is 0 Å². The topological polar surface area (TPSA) is 75.2 Å². The van der Waals surface area contributed by atoms with E-state index in [0.29, 0.717) is 17.8 Å². The smallest absolute Gasteiger partial charge is 0.430 e. The van der Waals surface area contributed by atoms with Crippen molar-refractivity contribution in [3.8, 4) is 11.4 Å². The quantitative estimate of drug-likeness (QED) is 0.575. The maximum Gasteiger partial charge on any atom is 0.430 e. The lowest BCUT2D eigenvalue weighted by Crippen LogP contribution is -2.53. The van der Waals surface area contributed by atoms with Crippen LogP contribution >= 0.6 is 0 Å². The number of ether oxygens (including phenoxy) is 1. The van der Waals surface area contributed by atoms with Crippen molar-refractivity contribution in [3.05, 3.63) is 41.7 Å². The maximum absolute atomic E-state index is 12.9. The molecule has 0 bridgehead atoms. The Kier molecular flexibility index (Phi) is 5.79. The van der Waals surface area contributed by atoms with Gasteiger partial charge >= 0.3 is 18.3 Å². The minimum atomic E-state index is -5.95. The van der Waals surface area contributed by atoms with Gasteiger partial charge in [0.25, 0.3) is 5.60 Å². The lowest BCUT2D eigenvalue weighted by Gasteiger charge is -2.32. The number of aliphatic hydroxyl groups is 1. The summed E-state index contributed by atoms with van der Waals surface area (Å²) in [6, 6.07) is 2.97. The van der Waals surface area contributed by atoms with Crippen LogP contribution in [-0.4, -0.2) is 33.4 Å². The third-order valence-corrected chi connectivity index (χ3v) is 3.87. The summed E-state index contributed by atoms with van der Waals surface area (Å²) >= 11 is 0. The Labute approximate surface area is 155 Å². The van der Waals surface area contributed by atoms with Crippen molar-refractivity contribution in [1.82, 2.24) is 9.97 Å². The Balaban J connectivity index is 2.24. The Morgan fingerprint density at radius 2 is 1.64 bits per heavy atom. The second-order valence-corrected chi connectivity index (χ2v) is 6.30. The molecule has 28 heavy (non-hydrogen) atoms. The highest BCUT2D eigenvalue weighted by Crippen LogP contribution is 2.50. The van der Waals surface area contributed by atoms with Crippen LogP contribution in [0.1, 0.15) is 25.1 Å². The summed E-state index contributed by atoms with van der Waals surface area (Å²) in [7, 11) is 0. The molecular weight excluding hydrogens is 394 g/mol. The van der Waals surface area contributed by atoms with Crippen molar-refractivity contribution in [1.29, 1.82) is 0 Å². The molecule has 1 heterocycles. The number of aromatic amines is 1. The van der Waals surface area contributed by atoms with Crippen LogP contribution in [0, 0.1) is 5.92 Å². The third-order valence-electron chi connectivity index (χ3n) is 3.87. The van der Waals surface area contributed by atoms with Crippen LogP contribution in [0.4, 0.5) is 26.3 Å². The Bertz CT molecular complexity index is 811. The van der Waals surface area contributed by atoms with E-state index >= 15 is 0 Å². The van der Waals surface area contributed by atoms with Gasteiger partial charge in [-0.3, -0.25) is 4.79 Å². The molecule has 2 N–H and O–H groups in total. The molecule has 0 aliphatic carbocycles. The van der Waals surface area contributed by atoms with Gasteiger partial charge in [0.2, 0.25) is 0 Å². The first-order chi connectivity index (χ1) is 12.8. The number of carbonyl (C=O) groups excluding carboxylic acids is 1. The fraction of sp³-hybridized carbons (Fsp3) is 0.412. The highest BCUT2D eigenvalue weighted by atomic mass is 19.4. The van der Waals surface area contributed by atoms with Crippen molar-refractivity contribution in [2.75, 3.05) is 0 Å². The van der Waals surface area contributed by atoms with Gasteiger partial charge < -0.3 is 14.8 Å². The number of nitrogens with zero attached hydrogens (tertiary/aromatic N) is 1. The summed E-state index contributed by atoms with van der Waals surface area (Å²) in [4.78, 5) is 18.1. The largest absolute Gasteiger partial charge is 0.459 e. The van der Waals surface area contributed by atoms with E-state index in [4.69, 9.17) is 4.74 Å². The van der Waals surface area contributed by atoms with Gasteiger partial charge in [-0.1, -0.05) is 38.1 Å². The molecule has 0 unspecified atom stereocenters. The van der Waals surface area contributed by atoms with Crippen molar-refractivity contribution < 1.29 is 41.0 Å². The number of esters is 1. The van der Waals surface area contributed by atoms with Crippen LogP contribution in [0.3, 0.4) is 0 Å². The zero-order valence-corrected chi connectivity index (χ0v) is 14.6. The van der Waals surface area contributed by atoms with Crippen molar-refractivity contribution >= 4 is 5.97 Å². The minimum Gasteiger partial charge on any atom is -0.459 e. The van der Waals surface area contributed by atoms with E-state index in [1.54, 1.807) is 13.8 Å². The number of aromatic nitrogens is 2. The monoisotopic (exact) mass is 410 g/mol. The first kappa shape index (κ1) is 21.7. The number of nitrogens with one attached hydrogen (secondary N) is 1. The average molecular weight is 410 g/mol. The number of hydrogen-bond acceptors (Lipinski definition) is 4. The van der Waals surface area contributed by atoms with Gasteiger partial charge in [0.1, 0.15) is 12.4 Å². The fourth-order valence-corrected chi connectivity index (χ4v) is 2.25. The van der Waals surface area contributed by atoms with Gasteiger partial charge in [-0.05, 0) is 0 Å². The molecule has 0 aliphatic heterocycles. The number of rotatable bonds is 5. The van der Waals surface area contributed by atoms with Gasteiger partial charge in [-0.2, -0.15) is 26.3 Å². The molecule has 2 aromatic rings. The number of imidazole rings is 1. The molecule has 0 fully saturated rings. The van der Waals surface area contributed by atoms with Crippen molar-refractivity contribution in [2.45, 2.75) is 38.4 Å². The molecule has 5 nitrogen and oxygen atoms in total. The van der Waals surface area contributed by atoms with Crippen molar-refractivity contribution in [3.63, 3.8) is 0 Å². The molecule has 1 aromatic heterocycles. The van der Waals surface area contributed by atoms with E-state index in [1.165, 1.54) is 6.20 Å². The van der Waals surface area contributed by atoms with Crippen molar-refractivity contribution in [2.24, 2.45) is 5.92 Å². The summed E-state index contributed by atoms with van der Waals surface area (Å²) < 4.78 is 82.3. The van der Waals surface area contributed by atoms with E-state index in [0.717, 1.165) is 12.1 Å². The molecule has 2 rings (SSSR count). The van der Waals surface area contributed by atoms with Crippen LogP contribution in [0.15, 0.2) is 30.5 Å². The standard InChI is InChI=1S/C17H16F6N2O3/c1-9(2)14(26)28-8-12-7-24-13(25-12)10-3-5-11(6-4-10)15(27,16(18,19)20)17(21,22)23/h3-7,9,27H,8H2,1-2H3,(H,24,25). The first-order valence-electron chi connectivity index (χ1n) is 7.94.